The van der Waals surface area contributed by atoms with Crippen molar-refractivity contribution in [1.82, 2.24) is 20.1 Å². The van der Waals surface area contributed by atoms with Gasteiger partial charge in [0.25, 0.3) is 0 Å². The molecule has 2 heterocycles. The molecule has 0 radical (unpaired) electrons. The maximum Gasteiger partial charge on any atom is 0.138 e. The van der Waals surface area contributed by atoms with Crippen molar-refractivity contribution in [2.24, 2.45) is 11.8 Å². The van der Waals surface area contributed by atoms with Gasteiger partial charge < -0.3 is 10.1 Å². The van der Waals surface area contributed by atoms with Gasteiger partial charge >= 0.3 is 0 Å². The third-order valence-electron chi connectivity index (χ3n) is 3.81. The van der Waals surface area contributed by atoms with Crippen LogP contribution in [0.4, 0.5) is 0 Å². The summed E-state index contributed by atoms with van der Waals surface area (Å²) in [6.07, 6.45) is 4.10. The summed E-state index contributed by atoms with van der Waals surface area (Å²) in [4.78, 5) is 4.42. The fraction of sp³-hybridized carbons (Fsp3) is 0.857. The number of hydrogen-bond donors (Lipinski definition) is 1. The molecule has 3 unspecified atom stereocenters. The summed E-state index contributed by atoms with van der Waals surface area (Å²) in [6, 6.07) is 0.417. The Balaban J connectivity index is 2.00. The van der Waals surface area contributed by atoms with Crippen molar-refractivity contribution in [2.45, 2.75) is 52.3 Å². The summed E-state index contributed by atoms with van der Waals surface area (Å²) in [5, 5.41) is 7.75. The molecule has 1 aromatic rings. The van der Waals surface area contributed by atoms with Gasteiger partial charge in [0.1, 0.15) is 12.2 Å². The highest BCUT2D eigenvalue weighted by Crippen LogP contribution is 2.24. The van der Waals surface area contributed by atoms with E-state index < -0.39 is 0 Å². The zero-order valence-corrected chi connectivity index (χ0v) is 12.5. The van der Waals surface area contributed by atoms with Crippen LogP contribution in [0.3, 0.4) is 0 Å². The van der Waals surface area contributed by atoms with Gasteiger partial charge in [-0.1, -0.05) is 13.8 Å². The Morgan fingerprint density at radius 2 is 2.32 bits per heavy atom. The minimum atomic E-state index is 0.384. The van der Waals surface area contributed by atoms with Crippen LogP contribution in [0, 0.1) is 11.8 Å². The molecule has 2 rings (SSSR count). The van der Waals surface area contributed by atoms with Crippen LogP contribution >= 0.6 is 0 Å². The number of hydrogen-bond acceptors (Lipinski definition) is 4. The third kappa shape index (κ3) is 3.76. The Morgan fingerprint density at radius 3 is 2.89 bits per heavy atom. The minimum absolute atomic E-state index is 0.384. The average Bonchev–Trinajstić information content (AvgIpc) is 2.95. The summed E-state index contributed by atoms with van der Waals surface area (Å²) in [7, 11) is 2.02. The van der Waals surface area contributed by atoms with Crippen molar-refractivity contribution in [1.29, 1.82) is 0 Å². The molecule has 1 saturated heterocycles. The second kappa shape index (κ2) is 6.48. The molecule has 5 nitrogen and oxygen atoms in total. The number of likely N-dealkylation sites (N-methyl/N-ethyl adjacent to an activating group) is 1. The van der Waals surface area contributed by atoms with Crippen molar-refractivity contribution in [2.75, 3.05) is 13.7 Å². The fourth-order valence-electron chi connectivity index (χ4n) is 2.78. The summed E-state index contributed by atoms with van der Waals surface area (Å²) >= 11 is 0. The van der Waals surface area contributed by atoms with Crippen molar-refractivity contribution >= 4 is 0 Å². The van der Waals surface area contributed by atoms with Gasteiger partial charge in [-0.05, 0) is 26.3 Å². The van der Waals surface area contributed by atoms with E-state index in [-0.39, 0.29) is 0 Å². The first-order valence-electron chi connectivity index (χ1n) is 7.25. The monoisotopic (exact) mass is 266 g/mol. The van der Waals surface area contributed by atoms with E-state index in [9.17, 15) is 0 Å². The Labute approximate surface area is 115 Å². The van der Waals surface area contributed by atoms with Crippen LogP contribution in [0.1, 0.15) is 33.0 Å². The molecule has 0 aliphatic carbocycles. The van der Waals surface area contributed by atoms with Crippen LogP contribution in [0.15, 0.2) is 6.33 Å². The van der Waals surface area contributed by atoms with Crippen LogP contribution in [-0.4, -0.2) is 40.6 Å². The first-order chi connectivity index (χ1) is 9.10. The Morgan fingerprint density at radius 1 is 1.53 bits per heavy atom. The highest BCUT2D eigenvalue weighted by molar-refractivity contribution is 4.93. The van der Waals surface area contributed by atoms with Crippen LogP contribution in [-0.2, 0) is 17.7 Å². The molecule has 108 valence electrons. The smallest absolute Gasteiger partial charge is 0.138 e. The van der Waals surface area contributed by atoms with E-state index in [0.29, 0.717) is 24.0 Å². The Kier molecular flexibility index (Phi) is 4.93. The predicted molar refractivity (Wildman–Crippen MR) is 74.9 cm³/mol. The molecule has 0 bridgehead atoms. The molecule has 0 aromatic carbocycles. The third-order valence-corrected chi connectivity index (χ3v) is 3.81. The van der Waals surface area contributed by atoms with Gasteiger partial charge in [0.2, 0.25) is 0 Å². The lowest BCUT2D eigenvalue weighted by Crippen LogP contribution is -2.37. The molecule has 1 N–H and O–H groups in total. The fourth-order valence-corrected chi connectivity index (χ4v) is 2.78. The summed E-state index contributed by atoms with van der Waals surface area (Å²) in [5.74, 6) is 2.24. The molecule has 1 aliphatic heterocycles. The molecule has 1 aliphatic rings. The normalized spacial score (nSPS) is 25.1. The van der Waals surface area contributed by atoms with E-state index in [1.807, 2.05) is 11.7 Å². The van der Waals surface area contributed by atoms with Gasteiger partial charge in [-0.2, -0.15) is 5.10 Å². The standard InChI is InChI=1S/C14H26N4O/c1-10(2)7-18-14(16-9-17-18)6-13(15-4)12-5-11(3)19-8-12/h9-13,15H,5-8H2,1-4H3. The van der Waals surface area contributed by atoms with E-state index in [1.165, 1.54) is 0 Å². The lowest BCUT2D eigenvalue weighted by atomic mass is 9.94. The molecule has 1 aromatic heterocycles. The molecule has 3 atom stereocenters. The minimum Gasteiger partial charge on any atom is -0.378 e. The van der Waals surface area contributed by atoms with Crippen molar-refractivity contribution < 1.29 is 4.74 Å². The summed E-state index contributed by atoms with van der Waals surface area (Å²) < 4.78 is 7.72. The summed E-state index contributed by atoms with van der Waals surface area (Å²) in [5.41, 5.74) is 0. The van der Waals surface area contributed by atoms with Gasteiger partial charge in [-0.25, -0.2) is 9.67 Å². The SMILES string of the molecule is CNC(Cc1ncnn1CC(C)C)C1COC(C)C1. The van der Waals surface area contributed by atoms with Gasteiger partial charge in [0, 0.05) is 24.9 Å². The second-order valence-corrected chi connectivity index (χ2v) is 5.99. The number of nitrogens with one attached hydrogen (secondary N) is 1. The summed E-state index contributed by atoms with van der Waals surface area (Å²) in [6.45, 7) is 8.34. The molecule has 5 heteroatoms. The number of rotatable bonds is 6. The van der Waals surface area contributed by atoms with Crippen molar-refractivity contribution in [3.8, 4) is 0 Å². The first kappa shape index (κ1) is 14.5. The first-order valence-corrected chi connectivity index (χ1v) is 7.25. The predicted octanol–water partition coefficient (Wildman–Crippen LogP) is 1.49. The molecular formula is C14H26N4O. The quantitative estimate of drug-likeness (QED) is 0.847. The molecule has 1 fully saturated rings. The topological polar surface area (TPSA) is 52.0 Å². The molecule has 0 spiro atoms. The number of nitrogens with zero attached hydrogens (tertiary/aromatic N) is 3. The van der Waals surface area contributed by atoms with E-state index in [4.69, 9.17) is 4.74 Å². The van der Waals surface area contributed by atoms with Crippen molar-refractivity contribution in [3.05, 3.63) is 12.2 Å². The maximum atomic E-state index is 5.68. The number of aromatic nitrogens is 3. The van der Waals surface area contributed by atoms with Crippen LogP contribution in [0.25, 0.3) is 0 Å². The van der Waals surface area contributed by atoms with E-state index >= 15 is 0 Å². The lowest BCUT2D eigenvalue weighted by molar-refractivity contribution is 0.117. The molecule has 0 saturated carbocycles. The van der Waals surface area contributed by atoms with Gasteiger partial charge in [-0.15, -0.1) is 0 Å². The number of ether oxygens (including phenoxy) is 1. The Bertz CT molecular complexity index is 391. The second-order valence-electron chi connectivity index (χ2n) is 5.99. The maximum absolute atomic E-state index is 5.68. The molecular weight excluding hydrogens is 240 g/mol. The Hall–Kier alpha value is -0.940. The largest absolute Gasteiger partial charge is 0.378 e. The van der Waals surface area contributed by atoms with E-state index in [1.54, 1.807) is 6.33 Å². The van der Waals surface area contributed by atoms with Gasteiger partial charge in [-0.3, -0.25) is 0 Å². The van der Waals surface area contributed by atoms with Crippen molar-refractivity contribution in [3.63, 3.8) is 0 Å². The van der Waals surface area contributed by atoms with Crippen LogP contribution in [0.2, 0.25) is 0 Å². The molecule has 19 heavy (non-hydrogen) atoms. The van der Waals surface area contributed by atoms with Crippen LogP contribution < -0.4 is 5.32 Å². The van der Waals surface area contributed by atoms with E-state index in [2.05, 4.69) is 36.2 Å². The highest BCUT2D eigenvalue weighted by atomic mass is 16.5. The van der Waals surface area contributed by atoms with Crippen LogP contribution in [0.5, 0.6) is 0 Å². The van der Waals surface area contributed by atoms with Gasteiger partial charge in [0.15, 0.2) is 0 Å². The van der Waals surface area contributed by atoms with E-state index in [0.717, 1.165) is 31.8 Å². The van der Waals surface area contributed by atoms with Gasteiger partial charge in [0.05, 0.1) is 12.7 Å². The zero-order chi connectivity index (χ0) is 13.8. The average molecular weight is 266 g/mol. The zero-order valence-electron chi connectivity index (χ0n) is 12.5. The highest BCUT2D eigenvalue weighted by Gasteiger charge is 2.29. The molecule has 0 amide bonds. The lowest BCUT2D eigenvalue weighted by Gasteiger charge is -2.22.